The molecule has 8 heteroatoms. The van der Waals surface area contributed by atoms with Crippen molar-refractivity contribution >= 4 is 28.6 Å². The Labute approximate surface area is 122 Å². The van der Waals surface area contributed by atoms with Crippen molar-refractivity contribution in [3.05, 3.63) is 28.1 Å². The summed E-state index contributed by atoms with van der Waals surface area (Å²) in [6.07, 6.45) is 0. The van der Waals surface area contributed by atoms with Gasteiger partial charge in [-0.1, -0.05) is 6.07 Å². The van der Waals surface area contributed by atoms with Gasteiger partial charge in [-0.05, 0) is 18.4 Å². The summed E-state index contributed by atoms with van der Waals surface area (Å²) in [5, 5.41) is 4.82. The van der Waals surface area contributed by atoms with Crippen LogP contribution in [0.15, 0.2) is 17.5 Å². The van der Waals surface area contributed by atoms with Crippen LogP contribution in [0.3, 0.4) is 0 Å². The predicted molar refractivity (Wildman–Crippen MR) is 76.5 cm³/mol. The number of nitrogens with zero attached hydrogens (tertiary/aromatic N) is 1. The lowest BCUT2D eigenvalue weighted by Crippen LogP contribution is -2.41. The van der Waals surface area contributed by atoms with Crippen LogP contribution in [0.25, 0.3) is 9.88 Å². The fraction of sp³-hybridized carbons (Fsp3) is 0.333. The number of hydrogen-bond donors (Lipinski definition) is 2. The Hall–Kier alpha value is -1.38. The first-order chi connectivity index (χ1) is 9.43. The van der Waals surface area contributed by atoms with Crippen LogP contribution >= 0.6 is 22.7 Å². The van der Waals surface area contributed by atoms with Gasteiger partial charge in [0.2, 0.25) is 0 Å². The van der Waals surface area contributed by atoms with Crippen molar-refractivity contribution in [1.82, 2.24) is 10.3 Å². The number of carbonyl (C=O) groups excluding carboxylic acids is 1. The molecule has 2 heterocycles. The number of aryl methyl sites for hydroxylation is 1. The standard InChI is InChI=1S/C12H13F2N3OS2/c1-7-9(10(18)16-6-12(13,14)5-15)20-11(17-7)8-3-2-4-19-8/h2-4H,5-6,15H2,1H3,(H,16,18). The van der Waals surface area contributed by atoms with E-state index in [2.05, 4.69) is 10.3 Å². The van der Waals surface area contributed by atoms with E-state index in [-0.39, 0.29) is 0 Å². The van der Waals surface area contributed by atoms with Gasteiger partial charge in [0, 0.05) is 0 Å². The van der Waals surface area contributed by atoms with Gasteiger partial charge in [-0.2, -0.15) is 0 Å². The van der Waals surface area contributed by atoms with Crippen molar-refractivity contribution in [2.24, 2.45) is 5.73 Å². The minimum atomic E-state index is -3.09. The average molecular weight is 317 g/mol. The second-order valence-electron chi connectivity index (χ2n) is 4.15. The maximum absolute atomic E-state index is 13.0. The van der Waals surface area contributed by atoms with Crippen LogP contribution in [-0.4, -0.2) is 29.9 Å². The molecule has 3 N–H and O–H groups in total. The summed E-state index contributed by atoms with van der Waals surface area (Å²) in [6.45, 7) is 0.118. The van der Waals surface area contributed by atoms with Crippen LogP contribution < -0.4 is 11.1 Å². The van der Waals surface area contributed by atoms with Crippen LogP contribution in [-0.2, 0) is 0 Å². The third kappa shape index (κ3) is 3.38. The van der Waals surface area contributed by atoms with Gasteiger partial charge >= 0.3 is 0 Å². The van der Waals surface area contributed by atoms with Crippen molar-refractivity contribution in [3.8, 4) is 9.88 Å². The molecule has 0 bridgehead atoms. The lowest BCUT2D eigenvalue weighted by atomic mass is 10.3. The lowest BCUT2D eigenvalue weighted by Gasteiger charge is -2.13. The molecule has 0 saturated carbocycles. The maximum atomic E-state index is 13.0. The molecule has 2 aromatic rings. The number of rotatable bonds is 5. The van der Waals surface area contributed by atoms with Crippen LogP contribution in [0.2, 0.25) is 0 Å². The molecule has 0 aromatic carbocycles. The third-order valence-electron chi connectivity index (χ3n) is 2.54. The number of thiazole rings is 1. The van der Waals surface area contributed by atoms with Crippen molar-refractivity contribution in [3.63, 3.8) is 0 Å². The van der Waals surface area contributed by atoms with E-state index in [0.717, 1.165) is 4.88 Å². The van der Waals surface area contributed by atoms with Gasteiger partial charge in [0.15, 0.2) is 0 Å². The molecule has 0 fully saturated rings. The highest BCUT2D eigenvalue weighted by molar-refractivity contribution is 7.22. The first kappa shape index (κ1) is 15.0. The topological polar surface area (TPSA) is 68.0 Å². The van der Waals surface area contributed by atoms with Crippen LogP contribution in [0, 0.1) is 6.92 Å². The fourth-order valence-corrected chi connectivity index (χ4v) is 3.25. The number of hydrogen-bond acceptors (Lipinski definition) is 5. The van der Waals surface area contributed by atoms with Crippen LogP contribution in [0.5, 0.6) is 0 Å². The zero-order valence-electron chi connectivity index (χ0n) is 10.7. The third-order valence-corrected chi connectivity index (χ3v) is 4.74. The number of halogens is 2. The highest BCUT2D eigenvalue weighted by Gasteiger charge is 2.28. The Balaban J connectivity index is 2.11. The summed E-state index contributed by atoms with van der Waals surface area (Å²) in [6, 6.07) is 3.78. The van der Waals surface area contributed by atoms with E-state index in [4.69, 9.17) is 5.73 Å². The van der Waals surface area contributed by atoms with E-state index in [1.807, 2.05) is 17.5 Å². The van der Waals surface area contributed by atoms with E-state index in [0.29, 0.717) is 15.6 Å². The van der Waals surface area contributed by atoms with Gasteiger partial charge in [0.05, 0.1) is 23.7 Å². The van der Waals surface area contributed by atoms with Gasteiger partial charge in [-0.3, -0.25) is 4.79 Å². The highest BCUT2D eigenvalue weighted by Crippen LogP contribution is 2.31. The lowest BCUT2D eigenvalue weighted by molar-refractivity contribution is 0.0119. The zero-order valence-corrected chi connectivity index (χ0v) is 12.3. The monoisotopic (exact) mass is 317 g/mol. The Morgan fingerprint density at radius 2 is 2.30 bits per heavy atom. The second kappa shape index (κ2) is 5.94. The van der Waals surface area contributed by atoms with Crippen LogP contribution in [0.1, 0.15) is 15.4 Å². The van der Waals surface area contributed by atoms with Crippen molar-refractivity contribution in [1.29, 1.82) is 0 Å². The Kier molecular flexibility index (Phi) is 4.46. The number of nitrogens with one attached hydrogen (secondary N) is 1. The summed E-state index contributed by atoms with van der Waals surface area (Å²) >= 11 is 2.71. The molecule has 0 aliphatic heterocycles. The van der Waals surface area contributed by atoms with E-state index in [9.17, 15) is 13.6 Å². The second-order valence-corrected chi connectivity index (χ2v) is 6.10. The number of thiophene rings is 1. The van der Waals surface area contributed by atoms with Gasteiger partial charge in [-0.15, -0.1) is 22.7 Å². The number of aromatic nitrogens is 1. The van der Waals surface area contributed by atoms with Gasteiger partial charge in [-0.25, -0.2) is 13.8 Å². The molecule has 0 unspecified atom stereocenters. The van der Waals surface area contributed by atoms with E-state index in [1.165, 1.54) is 22.7 Å². The predicted octanol–water partition coefficient (Wildman–Crippen LogP) is 2.50. The molecule has 4 nitrogen and oxygen atoms in total. The normalized spacial score (nSPS) is 11.6. The van der Waals surface area contributed by atoms with Gasteiger partial charge < -0.3 is 11.1 Å². The number of nitrogens with two attached hydrogens (primary N) is 1. The Morgan fingerprint density at radius 3 is 2.90 bits per heavy atom. The minimum Gasteiger partial charge on any atom is -0.345 e. The van der Waals surface area contributed by atoms with Gasteiger partial charge in [0.1, 0.15) is 9.88 Å². The molecule has 0 spiro atoms. The molecule has 20 heavy (non-hydrogen) atoms. The average Bonchev–Trinajstić information content (AvgIpc) is 3.05. The summed E-state index contributed by atoms with van der Waals surface area (Å²) in [4.78, 5) is 17.5. The Bertz CT molecular complexity index is 596. The molecule has 0 atom stereocenters. The maximum Gasteiger partial charge on any atom is 0.277 e. The number of amides is 1. The van der Waals surface area contributed by atoms with Gasteiger partial charge in [0.25, 0.3) is 11.8 Å². The van der Waals surface area contributed by atoms with E-state index < -0.39 is 24.9 Å². The largest absolute Gasteiger partial charge is 0.345 e. The van der Waals surface area contributed by atoms with Crippen LogP contribution in [0.4, 0.5) is 8.78 Å². The van der Waals surface area contributed by atoms with Crippen molar-refractivity contribution in [2.45, 2.75) is 12.8 Å². The molecule has 1 amide bonds. The zero-order chi connectivity index (χ0) is 14.8. The SMILES string of the molecule is Cc1nc(-c2cccs2)sc1C(=O)NCC(F)(F)CN. The molecule has 0 saturated heterocycles. The minimum absolute atomic E-state index is 0.348. The molecule has 0 aliphatic carbocycles. The Morgan fingerprint density at radius 1 is 1.55 bits per heavy atom. The summed E-state index contributed by atoms with van der Waals surface area (Å²) in [5.74, 6) is -3.64. The quantitative estimate of drug-likeness (QED) is 0.890. The fourth-order valence-electron chi connectivity index (χ4n) is 1.47. The molecule has 2 aromatic heterocycles. The molecular weight excluding hydrogens is 304 g/mol. The molecule has 2 rings (SSSR count). The molecule has 0 radical (unpaired) electrons. The van der Waals surface area contributed by atoms with Crippen molar-refractivity contribution < 1.29 is 13.6 Å². The molecular formula is C12H13F2N3OS2. The van der Waals surface area contributed by atoms with Crippen molar-refractivity contribution in [2.75, 3.05) is 13.1 Å². The summed E-state index contributed by atoms with van der Waals surface area (Å²) < 4.78 is 26.0. The number of carbonyl (C=O) groups is 1. The summed E-state index contributed by atoms with van der Waals surface area (Å²) in [5.41, 5.74) is 5.45. The highest BCUT2D eigenvalue weighted by atomic mass is 32.1. The van der Waals surface area contributed by atoms with E-state index in [1.54, 1.807) is 6.92 Å². The first-order valence-corrected chi connectivity index (χ1v) is 7.50. The molecule has 0 aliphatic rings. The smallest absolute Gasteiger partial charge is 0.277 e. The summed E-state index contributed by atoms with van der Waals surface area (Å²) in [7, 11) is 0. The number of alkyl halides is 2. The first-order valence-electron chi connectivity index (χ1n) is 5.80. The van der Waals surface area contributed by atoms with E-state index >= 15 is 0 Å². The molecule has 108 valence electrons.